The Morgan fingerprint density at radius 1 is 1.11 bits per heavy atom. The van der Waals surface area contributed by atoms with Gasteiger partial charge in [0.1, 0.15) is 11.5 Å². The molecule has 0 fully saturated rings. The number of nitrogens with one attached hydrogen (secondary N) is 2. The van der Waals surface area contributed by atoms with Crippen molar-refractivity contribution in [3.63, 3.8) is 0 Å². The molecule has 2 N–H and O–H groups in total. The molecule has 0 saturated heterocycles. The van der Waals surface area contributed by atoms with Crippen molar-refractivity contribution in [2.45, 2.75) is 46.5 Å². The van der Waals surface area contributed by atoms with E-state index in [4.69, 9.17) is 4.52 Å². The van der Waals surface area contributed by atoms with Crippen molar-refractivity contribution in [1.29, 1.82) is 0 Å². The van der Waals surface area contributed by atoms with E-state index < -0.39 is 0 Å². The summed E-state index contributed by atoms with van der Waals surface area (Å²) in [7, 11) is 0. The van der Waals surface area contributed by atoms with Gasteiger partial charge in [-0.25, -0.2) is 4.98 Å². The van der Waals surface area contributed by atoms with Gasteiger partial charge in [0, 0.05) is 31.8 Å². The fraction of sp³-hybridized carbons (Fsp3) is 0.526. The highest BCUT2D eigenvalue weighted by atomic mass is 16.5. The third kappa shape index (κ3) is 6.80. The summed E-state index contributed by atoms with van der Waals surface area (Å²) in [5.41, 5.74) is 1.42. The minimum Gasteiger partial charge on any atom is -0.361 e. The van der Waals surface area contributed by atoms with Gasteiger partial charge < -0.3 is 15.2 Å². The Morgan fingerprint density at radius 3 is 2.56 bits per heavy atom. The van der Waals surface area contributed by atoms with Crippen LogP contribution >= 0.6 is 0 Å². The highest BCUT2D eigenvalue weighted by Gasteiger charge is 2.14. The number of rotatable bonds is 10. The first-order chi connectivity index (χ1) is 13.0. The first kappa shape index (κ1) is 20.5. The van der Waals surface area contributed by atoms with E-state index >= 15 is 0 Å². The van der Waals surface area contributed by atoms with Crippen LogP contribution in [0.25, 0.3) is 0 Å². The molecular weight excluding hydrogens is 346 g/mol. The molecule has 1 atom stereocenters. The molecule has 2 heterocycles. The summed E-state index contributed by atoms with van der Waals surface area (Å²) in [5.74, 6) is 0.623. The van der Waals surface area contributed by atoms with E-state index in [0.717, 1.165) is 25.0 Å². The van der Waals surface area contributed by atoms with Gasteiger partial charge in [0.15, 0.2) is 5.69 Å². The highest BCUT2D eigenvalue weighted by molar-refractivity contribution is 5.92. The number of amides is 2. The van der Waals surface area contributed by atoms with E-state index in [1.807, 2.05) is 13.8 Å². The molecule has 0 saturated carbocycles. The quantitative estimate of drug-likeness (QED) is 0.618. The van der Waals surface area contributed by atoms with Crippen LogP contribution in [-0.4, -0.2) is 40.0 Å². The normalized spacial score (nSPS) is 11.8. The predicted octanol–water partition coefficient (Wildman–Crippen LogP) is 2.30. The maximum absolute atomic E-state index is 12.0. The van der Waals surface area contributed by atoms with Crippen LogP contribution in [0.3, 0.4) is 0 Å². The zero-order chi connectivity index (χ0) is 19.6. The summed E-state index contributed by atoms with van der Waals surface area (Å²) in [5, 5.41) is 9.44. The molecule has 8 nitrogen and oxygen atoms in total. The van der Waals surface area contributed by atoms with Crippen LogP contribution in [0.5, 0.6) is 0 Å². The third-order valence-corrected chi connectivity index (χ3v) is 4.05. The molecule has 27 heavy (non-hydrogen) atoms. The second-order valence-corrected chi connectivity index (χ2v) is 6.68. The smallest absolute Gasteiger partial charge is 0.273 e. The van der Waals surface area contributed by atoms with Crippen LogP contribution in [0, 0.1) is 12.8 Å². The van der Waals surface area contributed by atoms with Crippen LogP contribution < -0.4 is 10.6 Å². The zero-order valence-electron chi connectivity index (χ0n) is 16.1. The maximum atomic E-state index is 12.0. The first-order valence-electron chi connectivity index (χ1n) is 9.30. The standard InChI is InChI=1S/C19H27N5O3/c1-4-7-20-18(25)16-10-15(27-24-16)9-13(2)6-5-8-21-19(26)17-12-22-14(3)11-23-17/h10-13H,4-9H2,1-3H3,(H,20,25)(H,21,26). The first-order valence-corrected chi connectivity index (χ1v) is 9.30. The molecule has 2 aromatic heterocycles. The van der Waals surface area contributed by atoms with Gasteiger partial charge in [0.2, 0.25) is 0 Å². The molecule has 1 unspecified atom stereocenters. The molecule has 2 amide bonds. The monoisotopic (exact) mass is 373 g/mol. The van der Waals surface area contributed by atoms with Crippen molar-refractivity contribution in [2.24, 2.45) is 5.92 Å². The zero-order valence-corrected chi connectivity index (χ0v) is 16.1. The number of aryl methyl sites for hydroxylation is 1. The van der Waals surface area contributed by atoms with E-state index in [0.29, 0.717) is 42.6 Å². The van der Waals surface area contributed by atoms with Crippen LogP contribution in [0.2, 0.25) is 0 Å². The summed E-state index contributed by atoms with van der Waals surface area (Å²) < 4.78 is 5.25. The lowest BCUT2D eigenvalue weighted by atomic mass is 10.00. The van der Waals surface area contributed by atoms with Gasteiger partial charge in [-0.15, -0.1) is 0 Å². The van der Waals surface area contributed by atoms with Crippen LogP contribution in [0.1, 0.15) is 65.5 Å². The number of carbonyl (C=O) groups excluding carboxylic acids is 2. The highest BCUT2D eigenvalue weighted by Crippen LogP contribution is 2.14. The van der Waals surface area contributed by atoms with Gasteiger partial charge >= 0.3 is 0 Å². The van der Waals surface area contributed by atoms with Crippen LogP contribution in [0.15, 0.2) is 23.0 Å². The topological polar surface area (TPSA) is 110 Å². The number of hydrogen-bond donors (Lipinski definition) is 2. The average molecular weight is 373 g/mol. The molecule has 8 heteroatoms. The lowest BCUT2D eigenvalue weighted by molar-refractivity contribution is 0.0937. The molecule has 0 bridgehead atoms. The lowest BCUT2D eigenvalue weighted by Crippen LogP contribution is -2.25. The molecule has 2 aromatic rings. The summed E-state index contributed by atoms with van der Waals surface area (Å²) in [6, 6.07) is 1.69. The Labute approximate surface area is 159 Å². The van der Waals surface area contributed by atoms with Gasteiger partial charge in [-0.2, -0.15) is 0 Å². The second-order valence-electron chi connectivity index (χ2n) is 6.68. The number of hydrogen-bond acceptors (Lipinski definition) is 6. The minimum absolute atomic E-state index is 0.207. The molecule has 0 spiro atoms. The SMILES string of the molecule is CCCNC(=O)c1cc(CC(C)CCCNC(=O)c2cnc(C)cn2)on1. The molecule has 146 valence electrons. The molecular formula is C19H27N5O3. The Balaban J connectivity index is 1.68. The van der Waals surface area contributed by atoms with Gasteiger partial charge in [-0.1, -0.05) is 19.0 Å². The van der Waals surface area contributed by atoms with Crippen molar-refractivity contribution < 1.29 is 14.1 Å². The average Bonchev–Trinajstić information content (AvgIpc) is 3.12. The Bertz CT molecular complexity index is 742. The van der Waals surface area contributed by atoms with E-state index in [2.05, 4.69) is 32.7 Å². The van der Waals surface area contributed by atoms with E-state index in [1.54, 1.807) is 12.3 Å². The van der Waals surface area contributed by atoms with E-state index in [9.17, 15) is 9.59 Å². The second kappa shape index (κ2) is 10.4. The molecule has 0 aromatic carbocycles. The summed E-state index contributed by atoms with van der Waals surface area (Å²) in [6.07, 6.45) is 6.38. The molecule has 0 radical (unpaired) electrons. The molecule has 0 aliphatic heterocycles. The van der Waals surface area contributed by atoms with Crippen molar-refractivity contribution >= 4 is 11.8 Å². The number of aromatic nitrogens is 3. The van der Waals surface area contributed by atoms with Crippen molar-refractivity contribution in [3.05, 3.63) is 41.3 Å². The Hall–Kier alpha value is -2.77. The van der Waals surface area contributed by atoms with E-state index in [1.165, 1.54) is 6.20 Å². The fourth-order valence-electron chi connectivity index (χ4n) is 2.54. The largest absolute Gasteiger partial charge is 0.361 e. The van der Waals surface area contributed by atoms with Gasteiger partial charge in [0.25, 0.3) is 11.8 Å². The van der Waals surface area contributed by atoms with Gasteiger partial charge in [-0.05, 0) is 32.1 Å². The lowest BCUT2D eigenvalue weighted by Gasteiger charge is -2.09. The number of nitrogens with zero attached hydrogens (tertiary/aromatic N) is 3. The summed E-state index contributed by atoms with van der Waals surface area (Å²) >= 11 is 0. The Morgan fingerprint density at radius 2 is 1.85 bits per heavy atom. The van der Waals surface area contributed by atoms with Crippen LogP contribution in [-0.2, 0) is 6.42 Å². The fourth-order valence-corrected chi connectivity index (χ4v) is 2.54. The number of carbonyl (C=O) groups is 2. The third-order valence-electron chi connectivity index (χ3n) is 4.05. The molecule has 0 aliphatic carbocycles. The van der Waals surface area contributed by atoms with Crippen molar-refractivity contribution in [3.8, 4) is 0 Å². The molecule has 0 aliphatic rings. The van der Waals surface area contributed by atoms with Gasteiger partial charge in [-0.3, -0.25) is 14.6 Å². The maximum Gasteiger partial charge on any atom is 0.273 e. The van der Waals surface area contributed by atoms with Gasteiger partial charge in [0.05, 0.1) is 11.9 Å². The summed E-state index contributed by atoms with van der Waals surface area (Å²) in [6.45, 7) is 7.11. The van der Waals surface area contributed by atoms with E-state index in [-0.39, 0.29) is 11.8 Å². The van der Waals surface area contributed by atoms with Crippen LogP contribution in [0.4, 0.5) is 0 Å². The summed E-state index contributed by atoms with van der Waals surface area (Å²) in [4.78, 5) is 31.9. The molecule has 2 rings (SSSR count). The predicted molar refractivity (Wildman–Crippen MR) is 100 cm³/mol. The minimum atomic E-state index is -0.215. The van der Waals surface area contributed by atoms with Crippen molar-refractivity contribution in [1.82, 2.24) is 25.8 Å². The van der Waals surface area contributed by atoms with Crippen molar-refractivity contribution in [2.75, 3.05) is 13.1 Å². The Kier molecular flexibility index (Phi) is 7.91.